The van der Waals surface area contributed by atoms with Crippen LogP contribution in [0, 0.1) is 10.1 Å². The fraction of sp³-hybridized carbons (Fsp3) is 0.200. The number of nitrogens with zero attached hydrogens (tertiary/aromatic N) is 1. The standard InChI is InChI=1S/C15H15NO4S/c1-19-15(20-2)14-10-9-13(21-14)8-5-11-3-6-12(7-4-11)16(17)18/h3-10,15H,1-2H3/b8-5+. The average Bonchev–Trinajstić information content (AvgIpc) is 2.96. The molecule has 0 saturated carbocycles. The van der Waals surface area contributed by atoms with Gasteiger partial charge in [0.15, 0.2) is 6.29 Å². The first kappa shape index (κ1) is 15.4. The Morgan fingerprint density at radius 1 is 1.10 bits per heavy atom. The molecule has 0 amide bonds. The second-order valence-corrected chi connectivity index (χ2v) is 5.37. The maximum absolute atomic E-state index is 10.6. The highest BCUT2D eigenvalue weighted by atomic mass is 32.1. The van der Waals surface area contributed by atoms with Crippen LogP contribution in [-0.2, 0) is 9.47 Å². The Bertz CT molecular complexity index is 629. The van der Waals surface area contributed by atoms with Gasteiger partial charge in [-0.2, -0.15) is 0 Å². The molecule has 2 rings (SSSR count). The van der Waals surface area contributed by atoms with Crippen LogP contribution >= 0.6 is 11.3 Å². The van der Waals surface area contributed by atoms with E-state index in [2.05, 4.69) is 0 Å². The van der Waals surface area contributed by atoms with Crippen molar-refractivity contribution in [1.29, 1.82) is 0 Å². The molecule has 2 aromatic rings. The number of nitro benzene ring substituents is 1. The number of ether oxygens (including phenoxy) is 2. The van der Waals surface area contributed by atoms with Gasteiger partial charge in [0.1, 0.15) is 0 Å². The number of rotatable bonds is 6. The van der Waals surface area contributed by atoms with Gasteiger partial charge < -0.3 is 9.47 Å². The van der Waals surface area contributed by atoms with E-state index >= 15 is 0 Å². The Kier molecular flexibility index (Phi) is 5.21. The van der Waals surface area contributed by atoms with Gasteiger partial charge in [0, 0.05) is 31.2 Å². The molecule has 1 heterocycles. The normalized spacial score (nSPS) is 11.4. The van der Waals surface area contributed by atoms with Gasteiger partial charge >= 0.3 is 0 Å². The fourth-order valence-corrected chi connectivity index (χ4v) is 2.77. The summed E-state index contributed by atoms with van der Waals surface area (Å²) in [6.07, 6.45) is 3.52. The highest BCUT2D eigenvalue weighted by Gasteiger charge is 2.10. The lowest BCUT2D eigenvalue weighted by Crippen LogP contribution is -2.00. The topological polar surface area (TPSA) is 61.6 Å². The molecule has 1 aromatic carbocycles. The molecular formula is C15H15NO4S. The second kappa shape index (κ2) is 7.12. The van der Waals surface area contributed by atoms with E-state index in [1.165, 1.54) is 12.1 Å². The van der Waals surface area contributed by atoms with Crippen LogP contribution in [0.25, 0.3) is 12.2 Å². The van der Waals surface area contributed by atoms with E-state index in [-0.39, 0.29) is 12.0 Å². The molecular weight excluding hydrogens is 290 g/mol. The van der Waals surface area contributed by atoms with Crippen LogP contribution in [0.4, 0.5) is 5.69 Å². The molecule has 0 fully saturated rings. The van der Waals surface area contributed by atoms with Crippen LogP contribution in [-0.4, -0.2) is 19.1 Å². The molecule has 0 saturated heterocycles. The van der Waals surface area contributed by atoms with Crippen molar-refractivity contribution in [2.45, 2.75) is 6.29 Å². The zero-order chi connectivity index (χ0) is 15.2. The molecule has 0 unspecified atom stereocenters. The SMILES string of the molecule is COC(OC)c1ccc(/C=C/c2ccc([N+](=O)[O-])cc2)s1. The molecule has 1 aromatic heterocycles. The molecule has 0 N–H and O–H groups in total. The number of hydrogen-bond acceptors (Lipinski definition) is 5. The number of methoxy groups -OCH3 is 2. The molecule has 0 atom stereocenters. The van der Waals surface area contributed by atoms with E-state index < -0.39 is 4.92 Å². The Labute approximate surface area is 126 Å². The minimum absolute atomic E-state index is 0.0913. The largest absolute Gasteiger partial charge is 0.351 e. The average molecular weight is 305 g/mol. The predicted molar refractivity (Wildman–Crippen MR) is 83.1 cm³/mol. The zero-order valence-corrected chi connectivity index (χ0v) is 12.5. The van der Waals surface area contributed by atoms with Crippen LogP contribution in [0.5, 0.6) is 0 Å². The van der Waals surface area contributed by atoms with Crippen LogP contribution in [0.3, 0.4) is 0 Å². The van der Waals surface area contributed by atoms with Gasteiger partial charge in [0.25, 0.3) is 5.69 Å². The summed E-state index contributed by atoms with van der Waals surface area (Å²) in [7, 11) is 3.19. The molecule has 110 valence electrons. The quantitative estimate of drug-likeness (QED) is 0.457. The van der Waals surface area contributed by atoms with E-state index in [0.29, 0.717) is 0 Å². The lowest BCUT2D eigenvalue weighted by Gasteiger charge is -2.09. The van der Waals surface area contributed by atoms with E-state index in [0.717, 1.165) is 15.3 Å². The lowest BCUT2D eigenvalue weighted by molar-refractivity contribution is -0.384. The first-order valence-corrected chi connectivity index (χ1v) is 7.03. The third-order valence-corrected chi connectivity index (χ3v) is 3.92. The summed E-state index contributed by atoms with van der Waals surface area (Å²) < 4.78 is 10.4. The Balaban J connectivity index is 2.09. The van der Waals surface area contributed by atoms with Crippen molar-refractivity contribution in [3.05, 3.63) is 61.8 Å². The van der Waals surface area contributed by atoms with Crippen LogP contribution in [0.1, 0.15) is 21.6 Å². The maximum Gasteiger partial charge on any atom is 0.269 e. The molecule has 0 aliphatic heterocycles. The minimum Gasteiger partial charge on any atom is -0.351 e. The van der Waals surface area contributed by atoms with Crippen molar-refractivity contribution in [1.82, 2.24) is 0 Å². The second-order valence-electron chi connectivity index (χ2n) is 4.23. The summed E-state index contributed by atoms with van der Waals surface area (Å²) in [6, 6.07) is 10.4. The lowest BCUT2D eigenvalue weighted by atomic mass is 10.2. The summed E-state index contributed by atoms with van der Waals surface area (Å²) in [5.41, 5.74) is 0.999. The summed E-state index contributed by atoms with van der Waals surface area (Å²) in [5, 5.41) is 10.6. The van der Waals surface area contributed by atoms with Gasteiger partial charge in [-0.25, -0.2) is 0 Å². The minimum atomic E-state index is -0.408. The molecule has 0 radical (unpaired) electrons. The maximum atomic E-state index is 10.6. The highest BCUT2D eigenvalue weighted by molar-refractivity contribution is 7.13. The van der Waals surface area contributed by atoms with Crippen molar-refractivity contribution < 1.29 is 14.4 Å². The fourth-order valence-electron chi connectivity index (χ4n) is 1.80. The molecule has 21 heavy (non-hydrogen) atoms. The summed E-state index contributed by atoms with van der Waals surface area (Å²) in [5.74, 6) is 0. The van der Waals surface area contributed by atoms with Gasteiger partial charge in [-0.05, 0) is 35.9 Å². The van der Waals surface area contributed by atoms with Gasteiger partial charge in [-0.1, -0.05) is 6.08 Å². The highest BCUT2D eigenvalue weighted by Crippen LogP contribution is 2.27. The van der Waals surface area contributed by atoms with Gasteiger partial charge in [-0.15, -0.1) is 11.3 Å². The van der Waals surface area contributed by atoms with Crippen molar-refractivity contribution in [2.75, 3.05) is 14.2 Å². The first-order chi connectivity index (χ1) is 10.1. The number of nitro groups is 1. The molecule has 5 nitrogen and oxygen atoms in total. The Hall–Kier alpha value is -2.02. The van der Waals surface area contributed by atoms with Crippen molar-refractivity contribution in [2.24, 2.45) is 0 Å². The first-order valence-electron chi connectivity index (χ1n) is 6.22. The number of thiophene rings is 1. The zero-order valence-electron chi connectivity index (χ0n) is 11.7. The van der Waals surface area contributed by atoms with Crippen LogP contribution in [0.2, 0.25) is 0 Å². The number of non-ortho nitro benzene ring substituents is 1. The van der Waals surface area contributed by atoms with E-state index in [1.807, 2.05) is 24.3 Å². The third kappa shape index (κ3) is 3.98. The third-order valence-electron chi connectivity index (χ3n) is 2.85. The molecule has 0 aliphatic carbocycles. The van der Waals surface area contributed by atoms with Gasteiger partial charge in [0.2, 0.25) is 0 Å². The summed E-state index contributed by atoms with van der Waals surface area (Å²) in [4.78, 5) is 12.2. The molecule has 6 heteroatoms. The number of hydrogen-bond donors (Lipinski definition) is 0. The molecule has 0 bridgehead atoms. The summed E-state index contributed by atoms with van der Waals surface area (Å²) >= 11 is 1.57. The van der Waals surface area contributed by atoms with E-state index in [9.17, 15) is 10.1 Å². The van der Waals surface area contributed by atoms with Gasteiger partial charge in [-0.3, -0.25) is 10.1 Å². The van der Waals surface area contributed by atoms with Gasteiger partial charge in [0.05, 0.1) is 9.80 Å². The van der Waals surface area contributed by atoms with E-state index in [4.69, 9.17) is 9.47 Å². The monoisotopic (exact) mass is 305 g/mol. The summed E-state index contributed by atoms with van der Waals surface area (Å²) in [6.45, 7) is 0. The Morgan fingerprint density at radius 2 is 1.76 bits per heavy atom. The molecule has 0 aliphatic rings. The van der Waals surface area contributed by atoms with Crippen LogP contribution < -0.4 is 0 Å². The van der Waals surface area contributed by atoms with Crippen molar-refractivity contribution >= 4 is 29.2 Å². The molecule has 0 spiro atoms. The van der Waals surface area contributed by atoms with E-state index in [1.54, 1.807) is 37.7 Å². The van der Waals surface area contributed by atoms with Crippen molar-refractivity contribution in [3.8, 4) is 0 Å². The smallest absolute Gasteiger partial charge is 0.269 e. The van der Waals surface area contributed by atoms with Crippen LogP contribution in [0.15, 0.2) is 36.4 Å². The number of benzene rings is 1. The predicted octanol–water partition coefficient (Wildman–Crippen LogP) is 4.12. The Morgan fingerprint density at radius 3 is 2.33 bits per heavy atom. The van der Waals surface area contributed by atoms with Crippen molar-refractivity contribution in [3.63, 3.8) is 0 Å².